The predicted molar refractivity (Wildman–Crippen MR) is 78.5 cm³/mol. The molecule has 0 fully saturated rings. The van der Waals surface area contributed by atoms with E-state index in [1.165, 1.54) is 17.8 Å². The Kier molecular flexibility index (Phi) is 6.87. The van der Waals surface area contributed by atoms with Crippen LogP contribution in [-0.2, 0) is 11.3 Å². The predicted octanol–water partition coefficient (Wildman–Crippen LogP) is 2.25. The van der Waals surface area contributed by atoms with Crippen LogP contribution in [0.1, 0.15) is 18.9 Å². The third-order valence-corrected chi connectivity index (χ3v) is 3.99. The zero-order chi connectivity index (χ0) is 14.3. The second-order valence-electron chi connectivity index (χ2n) is 4.52. The summed E-state index contributed by atoms with van der Waals surface area (Å²) in [5.41, 5.74) is 6.32. The molecular formula is C14H21FN2OS. The Labute approximate surface area is 118 Å². The maximum absolute atomic E-state index is 13.5. The molecule has 0 radical (unpaired) electrons. The van der Waals surface area contributed by atoms with Crippen LogP contribution < -0.4 is 5.73 Å². The maximum atomic E-state index is 13.5. The van der Waals surface area contributed by atoms with Gasteiger partial charge in [0.1, 0.15) is 5.82 Å². The van der Waals surface area contributed by atoms with Gasteiger partial charge in [0, 0.05) is 31.0 Å². The van der Waals surface area contributed by atoms with Crippen LogP contribution in [0.15, 0.2) is 24.3 Å². The molecule has 0 aliphatic heterocycles. The quantitative estimate of drug-likeness (QED) is 0.835. The summed E-state index contributed by atoms with van der Waals surface area (Å²) < 4.78 is 13.5. The van der Waals surface area contributed by atoms with Crippen molar-refractivity contribution in [3.05, 3.63) is 35.6 Å². The number of hydrogen-bond acceptors (Lipinski definition) is 3. The van der Waals surface area contributed by atoms with Gasteiger partial charge in [0.05, 0.1) is 5.75 Å². The van der Waals surface area contributed by atoms with E-state index in [-0.39, 0.29) is 17.8 Å². The SMILES string of the molecule is CCC(N)CSCC(=O)N(C)Cc1ccccc1F. The van der Waals surface area contributed by atoms with Crippen LogP contribution in [0, 0.1) is 5.82 Å². The minimum absolute atomic E-state index is 0.00319. The van der Waals surface area contributed by atoms with Crippen LogP contribution in [0.4, 0.5) is 4.39 Å². The van der Waals surface area contributed by atoms with Crippen molar-refractivity contribution < 1.29 is 9.18 Å². The lowest BCUT2D eigenvalue weighted by atomic mass is 10.2. The summed E-state index contributed by atoms with van der Waals surface area (Å²) in [7, 11) is 1.69. The minimum atomic E-state index is -0.275. The van der Waals surface area contributed by atoms with E-state index in [4.69, 9.17) is 5.73 Å². The molecule has 0 heterocycles. The zero-order valence-electron chi connectivity index (χ0n) is 11.4. The molecule has 0 aromatic heterocycles. The van der Waals surface area contributed by atoms with Gasteiger partial charge in [0.2, 0.25) is 5.91 Å². The molecule has 5 heteroatoms. The number of hydrogen-bond donors (Lipinski definition) is 1. The Bertz CT molecular complexity index is 414. The van der Waals surface area contributed by atoms with Crippen molar-refractivity contribution in [1.29, 1.82) is 0 Å². The molecule has 0 spiro atoms. The molecule has 0 saturated heterocycles. The average molecular weight is 284 g/mol. The molecule has 1 aromatic rings. The highest BCUT2D eigenvalue weighted by atomic mass is 32.2. The van der Waals surface area contributed by atoms with Gasteiger partial charge >= 0.3 is 0 Å². The molecular weight excluding hydrogens is 263 g/mol. The molecule has 0 bridgehead atoms. The van der Waals surface area contributed by atoms with Crippen molar-refractivity contribution in [3.63, 3.8) is 0 Å². The van der Waals surface area contributed by atoms with Crippen LogP contribution in [0.2, 0.25) is 0 Å². The fourth-order valence-corrected chi connectivity index (χ4v) is 2.55. The third-order valence-electron chi connectivity index (χ3n) is 2.87. The first-order valence-electron chi connectivity index (χ1n) is 6.35. The van der Waals surface area contributed by atoms with Crippen LogP contribution in [0.25, 0.3) is 0 Å². The summed E-state index contributed by atoms with van der Waals surface area (Å²) in [6.07, 6.45) is 0.909. The first-order valence-corrected chi connectivity index (χ1v) is 7.50. The van der Waals surface area contributed by atoms with Gasteiger partial charge in [0.15, 0.2) is 0 Å². The Morgan fingerprint density at radius 3 is 2.79 bits per heavy atom. The fourth-order valence-electron chi connectivity index (χ4n) is 1.50. The number of amides is 1. The largest absolute Gasteiger partial charge is 0.341 e. The summed E-state index contributed by atoms with van der Waals surface area (Å²) in [6, 6.07) is 6.64. The first kappa shape index (κ1) is 16.0. The van der Waals surface area contributed by atoms with E-state index in [9.17, 15) is 9.18 Å². The van der Waals surface area contributed by atoms with Gasteiger partial charge in [-0.1, -0.05) is 25.1 Å². The van der Waals surface area contributed by atoms with Gasteiger partial charge in [-0.15, -0.1) is 0 Å². The number of nitrogens with two attached hydrogens (primary N) is 1. The van der Waals surface area contributed by atoms with Gasteiger partial charge in [-0.05, 0) is 12.5 Å². The van der Waals surface area contributed by atoms with Gasteiger partial charge in [-0.25, -0.2) is 4.39 Å². The van der Waals surface area contributed by atoms with Crippen LogP contribution in [-0.4, -0.2) is 35.4 Å². The number of carbonyl (C=O) groups is 1. The molecule has 2 N–H and O–H groups in total. The molecule has 106 valence electrons. The number of halogens is 1. The molecule has 1 amide bonds. The van der Waals surface area contributed by atoms with Gasteiger partial charge in [-0.2, -0.15) is 11.8 Å². The molecule has 1 rings (SSSR count). The van der Waals surface area contributed by atoms with Crippen LogP contribution >= 0.6 is 11.8 Å². The van der Waals surface area contributed by atoms with Crippen molar-refractivity contribution in [2.75, 3.05) is 18.6 Å². The van der Waals surface area contributed by atoms with E-state index in [0.29, 0.717) is 17.9 Å². The van der Waals surface area contributed by atoms with E-state index in [1.807, 2.05) is 6.92 Å². The lowest BCUT2D eigenvalue weighted by molar-refractivity contribution is -0.127. The van der Waals surface area contributed by atoms with E-state index in [2.05, 4.69) is 0 Å². The number of benzene rings is 1. The van der Waals surface area contributed by atoms with E-state index in [1.54, 1.807) is 30.1 Å². The maximum Gasteiger partial charge on any atom is 0.232 e. The van der Waals surface area contributed by atoms with Crippen molar-refractivity contribution in [2.24, 2.45) is 5.73 Å². The van der Waals surface area contributed by atoms with E-state index >= 15 is 0 Å². The van der Waals surface area contributed by atoms with Gasteiger partial charge in [0.25, 0.3) is 0 Å². The Balaban J connectivity index is 2.39. The summed E-state index contributed by atoms with van der Waals surface area (Å²) in [4.78, 5) is 13.4. The highest BCUT2D eigenvalue weighted by Gasteiger charge is 2.12. The highest BCUT2D eigenvalue weighted by molar-refractivity contribution is 7.99. The topological polar surface area (TPSA) is 46.3 Å². The Morgan fingerprint density at radius 1 is 1.47 bits per heavy atom. The molecule has 1 aromatic carbocycles. The number of carbonyl (C=O) groups excluding carboxylic acids is 1. The third kappa shape index (κ3) is 5.61. The summed E-state index contributed by atoms with van der Waals surface area (Å²) >= 11 is 1.53. The highest BCUT2D eigenvalue weighted by Crippen LogP contribution is 2.11. The van der Waals surface area contributed by atoms with E-state index < -0.39 is 0 Å². The lowest BCUT2D eigenvalue weighted by Crippen LogP contribution is -2.29. The first-order chi connectivity index (χ1) is 9.04. The monoisotopic (exact) mass is 284 g/mol. The molecule has 0 saturated carbocycles. The van der Waals surface area contributed by atoms with Crippen LogP contribution in [0.5, 0.6) is 0 Å². The molecule has 19 heavy (non-hydrogen) atoms. The Morgan fingerprint density at radius 2 is 2.16 bits per heavy atom. The molecule has 0 aliphatic rings. The minimum Gasteiger partial charge on any atom is -0.341 e. The van der Waals surface area contributed by atoms with Crippen LogP contribution in [0.3, 0.4) is 0 Å². The smallest absolute Gasteiger partial charge is 0.232 e. The second-order valence-corrected chi connectivity index (χ2v) is 5.55. The standard InChI is InChI=1S/C14H21FN2OS/c1-3-12(16)9-19-10-14(18)17(2)8-11-6-4-5-7-13(11)15/h4-7,12H,3,8-10,16H2,1-2H3. The van der Waals surface area contributed by atoms with E-state index in [0.717, 1.165) is 12.2 Å². The van der Waals surface area contributed by atoms with Gasteiger partial charge in [-0.3, -0.25) is 4.79 Å². The summed E-state index contributed by atoms with van der Waals surface area (Å²) in [5.74, 6) is 0.883. The number of nitrogens with zero attached hydrogens (tertiary/aromatic N) is 1. The number of rotatable bonds is 7. The van der Waals surface area contributed by atoms with Crippen molar-refractivity contribution >= 4 is 17.7 Å². The van der Waals surface area contributed by atoms with Gasteiger partial charge < -0.3 is 10.6 Å². The Hall–Kier alpha value is -1.07. The fraction of sp³-hybridized carbons (Fsp3) is 0.500. The molecule has 1 unspecified atom stereocenters. The number of thioether (sulfide) groups is 1. The van der Waals surface area contributed by atoms with Crippen molar-refractivity contribution in [3.8, 4) is 0 Å². The lowest BCUT2D eigenvalue weighted by Gasteiger charge is -2.18. The molecule has 1 atom stereocenters. The average Bonchev–Trinajstić information content (AvgIpc) is 2.40. The molecule has 3 nitrogen and oxygen atoms in total. The normalized spacial score (nSPS) is 12.2. The summed E-state index contributed by atoms with van der Waals surface area (Å²) in [5, 5.41) is 0. The second kappa shape index (κ2) is 8.17. The molecule has 0 aliphatic carbocycles. The van der Waals surface area contributed by atoms with Crippen molar-refractivity contribution in [2.45, 2.75) is 25.9 Å². The summed E-state index contributed by atoms with van der Waals surface area (Å²) in [6.45, 7) is 2.32. The zero-order valence-corrected chi connectivity index (χ0v) is 12.3. The van der Waals surface area contributed by atoms with Crippen molar-refractivity contribution in [1.82, 2.24) is 4.90 Å².